The maximum absolute atomic E-state index is 12.6. The van der Waals surface area contributed by atoms with Gasteiger partial charge in [-0.3, -0.25) is 4.68 Å². The maximum atomic E-state index is 12.6. The summed E-state index contributed by atoms with van der Waals surface area (Å²) in [5, 5.41) is 3.87. The van der Waals surface area contributed by atoms with Crippen LogP contribution in [0.5, 0.6) is 0 Å². The number of hydrogen-bond donors (Lipinski definition) is 2. The molecule has 4 nitrogen and oxygen atoms in total. The Morgan fingerprint density at radius 1 is 1.22 bits per heavy atom. The Hall–Kier alpha value is -2.18. The number of benzene rings is 1. The number of anilines is 2. The number of nitrogen functional groups attached to an aromatic ring is 2. The van der Waals surface area contributed by atoms with Gasteiger partial charge in [0, 0.05) is 12.6 Å². The molecule has 0 saturated carbocycles. The molecular weight excluding hydrogens is 245 g/mol. The molecule has 0 atom stereocenters. The van der Waals surface area contributed by atoms with Gasteiger partial charge in [-0.15, -0.1) is 0 Å². The van der Waals surface area contributed by atoms with Crippen LogP contribution < -0.4 is 11.5 Å². The molecule has 0 saturated heterocycles. The summed E-state index contributed by atoms with van der Waals surface area (Å²) in [5.41, 5.74) is 11.4. The predicted molar refractivity (Wildman–Crippen MR) is 62.5 cm³/mol. The average Bonchev–Trinajstić information content (AvgIpc) is 2.52. The number of halogens is 3. The summed E-state index contributed by atoms with van der Waals surface area (Å²) in [6.45, 7) is 0. The van der Waals surface area contributed by atoms with Crippen molar-refractivity contribution in [3.05, 3.63) is 29.8 Å². The van der Waals surface area contributed by atoms with Gasteiger partial charge in [-0.25, -0.2) is 0 Å². The van der Waals surface area contributed by atoms with Crippen molar-refractivity contribution in [1.29, 1.82) is 0 Å². The van der Waals surface area contributed by atoms with Crippen LogP contribution in [0.25, 0.3) is 11.3 Å². The summed E-state index contributed by atoms with van der Waals surface area (Å²) < 4.78 is 39.2. The fourth-order valence-corrected chi connectivity index (χ4v) is 1.75. The van der Waals surface area contributed by atoms with E-state index in [1.54, 1.807) is 7.05 Å². The Balaban J connectivity index is 2.58. The molecule has 0 aliphatic rings. The predicted octanol–water partition coefficient (Wildman–Crippen LogP) is 2.27. The number of aryl methyl sites for hydroxylation is 1. The largest absolute Gasteiger partial charge is 0.416 e. The van der Waals surface area contributed by atoms with Crippen molar-refractivity contribution in [2.45, 2.75) is 6.18 Å². The Morgan fingerprint density at radius 2 is 1.89 bits per heavy atom. The van der Waals surface area contributed by atoms with Crippen LogP contribution in [-0.2, 0) is 13.2 Å². The molecule has 96 valence electrons. The summed E-state index contributed by atoms with van der Waals surface area (Å²) in [4.78, 5) is 0. The Bertz CT molecular complexity index is 586. The van der Waals surface area contributed by atoms with E-state index >= 15 is 0 Å². The monoisotopic (exact) mass is 256 g/mol. The van der Waals surface area contributed by atoms with Crippen LogP contribution in [0.4, 0.5) is 24.7 Å². The van der Waals surface area contributed by atoms with Gasteiger partial charge in [-0.05, 0) is 12.1 Å². The highest BCUT2D eigenvalue weighted by Crippen LogP contribution is 2.34. The number of nitrogens with two attached hydrogens (primary N) is 2. The summed E-state index contributed by atoms with van der Waals surface area (Å²) in [5.74, 6) is 0.102. The van der Waals surface area contributed by atoms with Crippen LogP contribution in [0.1, 0.15) is 5.56 Å². The van der Waals surface area contributed by atoms with E-state index in [1.807, 2.05) is 0 Å². The number of hydrogen-bond acceptors (Lipinski definition) is 3. The molecule has 0 fully saturated rings. The lowest BCUT2D eigenvalue weighted by atomic mass is 10.1. The molecular formula is C11H11F3N4. The first-order valence-corrected chi connectivity index (χ1v) is 5.06. The highest BCUT2D eigenvalue weighted by Gasteiger charge is 2.30. The van der Waals surface area contributed by atoms with Gasteiger partial charge in [-0.2, -0.15) is 18.3 Å². The van der Waals surface area contributed by atoms with E-state index in [1.165, 1.54) is 16.8 Å². The fraction of sp³-hybridized carbons (Fsp3) is 0.182. The molecule has 0 aliphatic carbocycles. The Labute approximate surface area is 101 Å². The van der Waals surface area contributed by atoms with Crippen LogP contribution in [0.2, 0.25) is 0 Å². The SMILES string of the molecule is Cn1nc(N)c(N)c1-c1cccc(C(F)(F)F)c1. The van der Waals surface area contributed by atoms with E-state index in [-0.39, 0.29) is 11.5 Å². The van der Waals surface area contributed by atoms with E-state index in [0.29, 0.717) is 11.3 Å². The number of aromatic nitrogens is 2. The van der Waals surface area contributed by atoms with Gasteiger partial charge in [0.25, 0.3) is 0 Å². The topological polar surface area (TPSA) is 69.9 Å². The van der Waals surface area contributed by atoms with Crippen LogP contribution in [0.3, 0.4) is 0 Å². The van der Waals surface area contributed by atoms with Crippen molar-refractivity contribution in [3.63, 3.8) is 0 Å². The van der Waals surface area contributed by atoms with Crippen molar-refractivity contribution < 1.29 is 13.2 Å². The molecule has 1 aromatic heterocycles. The third-order valence-electron chi connectivity index (χ3n) is 2.58. The smallest absolute Gasteiger partial charge is 0.394 e. The highest BCUT2D eigenvalue weighted by molar-refractivity contribution is 5.80. The summed E-state index contributed by atoms with van der Waals surface area (Å²) in [6, 6.07) is 4.87. The van der Waals surface area contributed by atoms with Crippen molar-refractivity contribution in [2.24, 2.45) is 7.05 Å². The summed E-state index contributed by atoms with van der Waals surface area (Å²) in [6.07, 6.45) is -4.39. The second-order valence-electron chi connectivity index (χ2n) is 3.85. The third-order valence-corrected chi connectivity index (χ3v) is 2.58. The second-order valence-corrected chi connectivity index (χ2v) is 3.85. The molecule has 2 aromatic rings. The zero-order chi connectivity index (χ0) is 13.5. The van der Waals surface area contributed by atoms with Crippen molar-refractivity contribution in [2.75, 3.05) is 11.5 Å². The zero-order valence-electron chi connectivity index (χ0n) is 9.49. The van der Waals surface area contributed by atoms with Crippen molar-refractivity contribution in [1.82, 2.24) is 9.78 Å². The molecule has 0 unspecified atom stereocenters. The minimum absolute atomic E-state index is 0.102. The van der Waals surface area contributed by atoms with E-state index in [9.17, 15) is 13.2 Å². The van der Waals surface area contributed by atoms with Gasteiger partial charge in [0.15, 0.2) is 5.82 Å². The summed E-state index contributed by atoms with van der Waals surface area (Å²) in [7, 11) is 1.57. The van der Waals surface area contributed by atoms with E-state index in [0.717, 1.165) is 12.1 Å². The average molecular weight is 256 g/mol. The standard InChI is InChI=1S/C11H11F3N4/c1-18-9(8(15)10(16)17-18)6-3-2-4-7(5-6)11(12,13)14/h2-5H,15H2,1H3,(H2,16,17). The first kappa shape index (κ1) is 12.3. The lowest BCUT2D eigenvalue weighted by Crippen LogP contribution is -2.05. The zero-order valence-corrected chi connectivity index (χ0v) is 9.49. The van der Waals surface area contributed by atoms with Gasteiger partial charge >= 0.3 is 6.18 Å². The minimum atomic E-state index is -4.39. The molecule has 4 N–H and O–H groups in total. The van der Waals surface area contributed by atoms with Gasteiger partial charge in [0.2, 0.25) is 0 Å². The Kier molecular flexibility index (Phi) is 2.68. The van der Waals surface area contributed by atoms with E-state index in [2.05, 4.69) is 5.10 Å². The third kappa shape index (κ3) is 1.99. The number of alkyl halides is 3. The minimum Gasteiger partial charge on any atom is -0.394 e. The fourth-order valence-electron chi connectivity index (χ4n) is 1.75. The van der Waals surface area contributed by atoms with Crippen LogP contribution >= 0.6 is 0 Å². The number of rotatable bonds is 1. The quantitative estimate of drug-likeness (QED) is 0.822. The van der Waals surface area contributed by atoms with Gasteiger partial charge in [-0.1, -0.05) is 12.1 Å². The molecule has 0 radical (unpaired) electrons. The Morgan fingerprint density at radius 3 is 2.39 bits per heavy atom. The molecule has 7 heteroatoms. The van der Waals surface area contributed by atoms with E-state index < -0.39 is 11.7 Å². The molecule has 1 heterocycles. The van der Waals surface area contributed by atoms with Crippen LogP contribution in [0, 0.1) is 0 Å². The van der Waals surface area contributed by atoms with E-state index in [4.69, 9.17) is 11.5 Å². The molecule has 0 spiro atoms. The molecule has 0 aliphatic heterocycles. The summed E-state index contributed by atoms with van der Waals surface area (Å²) >= 11 is 0. The first-order valence-electron chi connectivity index (χ1n) is 5.06. The highest BCUT2D eigenvalue weighted by atomic mass is 19.4. The molecule has 0 amide bonds. The lowest BCUT2D eigenvalue weighted by Gasteiger charge is -2.09. The van der Waals surface area contributed by atoms with Crippen molar-refractivity contribution in [3.8, 4) is 11.3 Å². The molecule has 2 rings (SSSR count). The van der Waals surface area contributed by atoms with Gasteiger partial charge < -0.3 is 11.5 Å². The molecule has 1 aromatic carbocycles. The van der Waals surface area contributed by atoms with Gasteiger partial charge in [0.05, 0.1) is 11.3 Å². The number of nitrogens with zero attached hydrogens (tertiary/aromatic N) is 2. The maximum Gasteiger partial charge on any atom is 0.416 e. The van der Waals surface area contributed by atoms with Gasteiger partial charge in [0.1, 0.15) is 5.69 Å². The van der Waals surface area contributed by atoms with Crippen molar-refractivity contribution >= 4 is 11.5 Å². The van der Waals surface area contributed by atoms with Crippen LogP contribution in [0.15, 0.2) is 24.3 Å². The van der Waals surface area contributed by atoms with Crippen LogP contribution in [-0.4, -0.2) is 9.78 Å². The lowest BCUT2D eigenvalue weighted by molar-refractivity contribution is -0.137. The molecule has 0 bridgehead atoms. The first-order chi connectivity index (χ1) is 8.30. The molecule has 18 heavy (non-hydrogen) atoms. The second kappa shape index (κ2) is 3.94. The normalized spacial score (nSPS) is 11.8.